The highest BCUT2D eigenvalue weighted by atomic mass is 16.5. The van der Waals surface area contributed by atoms with Gasteiger partial charge in [0.05, 0.1) is 44.1 Å². The third-order valence-corrected chi connectivity index (χ3v) is 6.76. The van der Waals surface area contributed by atoms with Crippen molar-refractivity contribution >= 4 is 28.7 Å². The van der Waals surface area contributed by atoms with Crippen molar-refractivity contribution in [2.45, 2.75) is 44.9 Å². The number of ether oxygens (including phenoxy) is 2. The van der Waals surface area contributed by atoms with Crippen LogP contribution in [0.1, 0.15) is 31.7 Å². The number of anilines is 2. The van der Waals surface area contributed by atoms with Crippen molar-refractivity contribution < 1.29 is 19.4 Å². The van der Waals surface area contributed by atoms with Crippen LogP contribution in [0.4, 0.5) is 11.8 Å². The van der Waals surface area contributed by atoms with Gasteiger partial charge in [-0.3, -0.25) is 4.79 Å². The molecule has 1 unspecified atom stereocenters. The number of aliphatic hydroxyl groups is 1. The van der Waals surface area contributed by atoms with Crippen LogP contribution in [0.25, 0.3) is 22.3 Å². The molecule has 1 aromatic carbocycles. The van der Waals surface area contributed by atoms with E-state index in [0.717, 1.165) is 41.7 Å². The van der Waals surface area contributed by atoms with Gasteiger partial charge in [0, 0.05) is 24.2 Å². The van der Waals surface area contributed by atoms with Crippen molar-refractivity contribution in [2.24, 2.45) is 0 Å². The Hall–Kier alpha value is -3.50. The molecule has 1 amide bonds. The Morgan fingerprint density at radius 1 is 1.22 bits per heavy atom. The van der Waals surface area contributed by atoms with Crippen LogP contribution in [0.3, 0.4) is 0 Å². The number of nitrogens with zero attached hydrogens (tertiary/aromatic N) is 4. The first-order valence-electron chi connectivity index (χ1n) is 12.4. The number of carbonyl (C=O) groups excluding carboxylic acids is 1. The second-order valence-electron chi connectivity index (χ2n) is 9.22. The minimum Gasteiger partial charge on any atom is -0.496 e. The van der Waals surface area contributed by atoms with Crippen LogP contribution in [-0.2, 0) is 16.1 Å². The van der Waals surface area contributed by atoms with E-state index in [-0.39, 0.29) is 18.6 Å². The molecule has 0 spiro atoms. The van der Waals surface area contributed by atoms with Crippen LogP contribution in [0, 0.1) is 0 Å². The Balaban J connectivity index is 1.58. The number of carbonyl (C=O) groups is 1. The Morgan fingerprint density at radius 3 is 2.92 bits per heavy atom. The molecule has 3 aromatic rings. The van der Waals surface area contributed by atoms with Crippen molar-refractivity contribution in [1.82, 2.24) is 20.3 Å². The highest BCUT2D eigenvalue weighted by Crippen LogP contribution is 2.31. The van der Waals surface area contributed by atoms with Crippen LogP contribution in [0.2, 0.25) is 0 Å². The molecule has 0 aliphatic carbocycles. The SMILES string of the molecule is COc1ccc(-c2ccc3c(N4CCOC[C@@H]4C)nc(NC4CCCCNC4=O)nc3n2)cc1CO. The molecule has 2 atom stereocenters. The van der Waals surface area contributed by atoms with Gasteiger partial charge in [0.25, 0.3) is 0 Å². The fraction of sp³-hybridized carbons (Fsp3) is 0.462. The molecule has 2 saturated heterocycles. The molecule has 2 aliphatic rings. The van der Waals surface area contributed by atoms with Crippen LogP contribution >= 0.6 is 0 Å². The van der Waals surface area contributed by atoms with E-state index in [1.807, 2.05) is 30.3 Å². The molecule has 2 aromatic heterocycles. The van der Waals surface area contributed by atoms with E-state index in [4.69, 9.17) is 24.4 Å². The van der Waals surface area contributed by atoms with Gasteiger partial charge in [0.2, 0.25) is 11.9 Å². The summed E-state index contributed by atoms with van der Waals surface area (Å²) < 4.78 is 11.0. The maximum Gasteiger partial charge on any atom is 0.242 e. The number of morpholine rings is 1. The van der Waals surface area contributed by atoms with Gasteiger partial charge in [-0.2, -0.15) is 9.97 Å². The van der Waals surface area contributed by atoms with Gasteiger partial charge in [-0.25, -0.2) is 4.98 Å². The van der Waals surface area contributed by atoms with Gasteiger partial charge in [0.1, 0.15) is 17.6 Å². The zero-order valence-corrected chi connectivity index (χ0v) is 20.7. The fourth-order valence-electron chi connectivity index (χ4n) is 4.77. The topological polar surface area (TPSA) is 122 Å². The van der Waals surface area contributed by atoms with Gasteiger partial charge < -0.3 is 30.1 Å². The molecule has 10 nitrogen and oxygen atoms in total. The summed E-state index contributed by atoms with van der Waals surface area (Å²) in [6.45, 7) is 4.59. The lowest BCUT2D eigenvalue weighted by Gasteiger charge is -2.35. The highest BCUT2D eigenvalue weighted by molar-refractivity contribution is 5.90. The quantitative estimate of drug-likeness (QED) is 0.476. The monoisotopic (exact) mass is 492 g/mol. The molecule has 0 saturated carbocycles. The fourth-order valence-corrected chi connectivity index (χ4v) is 4.77. The van der Waals surface area contributed by atoms with Crippen LogP contribution < -0.4 is 20.3 Å². The van der Waals surface area contributed by atoms with Crippen LogP contribution in [0.15, 0.2) is 30.3 Å². The number of fused-ring (bicyclic) bond motifs is 1. The minimum atomic E-state index is -0.392. The number of rotatable bonds is 6. The van der Waals surface area contributed by atoms with Gasteiger partial charge in [-0.1, -0.05) is 0 Å². The summed E-state index contributed by atoms with van der Waals surface area (Å²) in [5, 5.41) is 16.8. The largest absolute Gasteiger partial charge is 0.496 e. The third-order valence-electron chi connectivity index (χ3n) is 6.76. The zero-order chi connectivity index (χ0) is 25.1. The first-order chi connectivity index (χ1) is 17.6. The van der Waals surface area contributed by atoms with Crippen LogP contribution in [-0.4, -0.2) is 71.5 Å². The molecular formula is C26H32N6O4. The van der Waals surface area contributed by atoms with Crippen molar-refractivity contribution in [1.29, 1.82) is 0 Å². The molecule has 0 radical (unpaired) electrons. The normalized spacial score (nSPS) is 20.6. The molecule has 190 valence electrons. The summed E-state index contributed by atoms with van der Waals surface area (Å²) in [4.78, 5) is 29.3. The third kappa shape index (κ3) is 4.91. The van der Waals surface area contributed by atoms with Gasteiger partial charge in [0.15, 0.2) is 5.65 Å². The second kappa shape index (κ2) is 10.6. The Bertz CT molecular complexity index is 1250. The van der Waals surface area contributed by atoms with Crippen molar-refractivity contribution in [2.75, 3.05) is 43.6 Å². The smallest absolute Gasteiger partial charge is 0.242 e. The number of aromatic nitrogens is 3. The maximum absolute atomic E-state index is 12.6. The van der Waals surface area contributed by atoms with Crippen LogP contribution in [0.5, 0.6) is 5.75 Å². The van der Waals surface area contributed by atoms with E-state index in [0.29, 0.717) is 49.2 Å². The van der Waals surface area contributed by atoms with Gasteiger partial charge in [-0.15, -0.1) is 0 Å². The average molecular weight is 493 g/mol. The molecule has 10 heteroatoms. The number of aliphatic hydroxyl groups excluding tert-OH is 1. The van der Waals surface area contributed by atoms with Crippen molar-refractivity contribution in [3.8, 4) is 17.0 Å². The number of hydrogen-bond donors (Lipinski definition) is 3. The number of nitrogens with one attached hydrogen (secondary N) is 2. The molecular weight excluding hydrogens is 460 g/mol. The standard InChI is InChI=1S/C26H32N6O4/c1-16-15-36-12-11-32(16)24-19-7-8-20(17-6-9-22(35-2)18(13-17)14-33)28-23(19)30-26(31-24)29-21-5-3-4-10-27-25(21)34/h6-9,13,16,21,33H,3-5,10-12,14-15H2,1-2H3,(H,27,34)(H,28,29,30,31)/t16-,21?/m0/s1. The molecule has 2 fully saturated rings. The molecule has 36 heavy (non-hydrogen) atoms. The number of pyridine rings is 1. The molecule has 4 heterocycles. The summed E-state index contributed by atoms with van der Waals surface area (Å²) >= 11 is 0. The maximum atomic E-state index is 12.6. The molecule has 5 rings (SSSR count). The minimum absolute atomic E-state index is 0.0334. The molecule has 2 aliphatic heterocycles. The van der Waals surface area contributed by atoms with E-state index < -0.39 is 6.04 Å². The predicted octanol–water partition coefficient (Wildman–Crippen LogP) is 2.50. The zero-order valence-electron chi connectivity index (χ0n) is 20.7. The van der Waals surface area contributed by atoms with E-state index in [1.165, 1.54) is 0 Å². The molecule has 0 bridgehead atoms. The van der Waals surface area contributed by atoms with Crippen molar-refractivity contribution in [3.05, 3.63) is 35.9 Å². The summed E-state index contributed by atoms with van der Waals surface area (Å²) in [5.74, 6) is 1.75. The Kier molecular flexibility index (Phi) is 7.15. The highest BCUT2D eigenvalue weighted by Gasteiger charge is 2.26. The first-order valence-corrected chi connectivity index (χ1v) is 12.4. The lowest BCUT2D eigenvalue weighted by molar-refractivity contribution is -0.121. The first kappa shape index (κ1) is 24.2. The van der Waals surface area contributed by atoms with Gasteiger partial charge in [-0.05, 0) is 56.5 Å². The Labute approximate surface area is 210 Å². The summed E-state index contributed by atoms with van der Waals surface area (Å²) in [7, 11) is 1.58. The Morgan fingerprint density at radius 2 is 2.11 bits per heavy atom. The molecule has 3 N–H and O–H groups in total. The second-order valence-corrected chi connectivity index (χ2v) is 9.22. The van der Waals surface area contributed by atoms with E-state index >= 15 is 0 Å². The lowest BCUT2D eigenvalue weighted by Crippen LogP contribution is -2.44. The number of hydrogen-bond acceptors (Lipinski definition) is 9. The average Bonchev–Trinajstić information content (AvgIpc) is 3.11. The van der Waals surface area contributed by atoms with E-state index in [1.54, 1.807) is 7.11 Å². The predicted molar refractivity (Wildman–Crippen MR) is 137 cm³/mol. The van der Waals surface area contributed by atoms with Gasteiger partial charge >= 0.3 is 0 Å². The summed E-state index contributed by atoms with van der Waals surface area (Å²) in [6, 6.07) is 9.28. The summed E-state index contributed by atoms with van der Waals surface area (Å²) in [6.07, 6.45) is 2.63. The number of methoxy groups -OCH3 is 1. The van der Waals surface area contributed by atoms with Crippen molar-refractivity contribution in [3.63, 3.8) is 0 Å². The number of amides is 1. The summed E-state index contributed by atoms with van der Waals surface area (Å²) in [5.41, 5.74) is 2.79. The number of benzene rings is 1. The van der Waals surface area contributed by atoms with E-state index in [9.17, 15) is 9.90 Å². The lowest BCUT2D eigenvalue weighted by atomic mass is 10.1. The van der Waals surface area contributed by atoms with E-state index in [2.05, 4.69) is 22.5 Å².